The van der Waals surface area contributed by atoms with Gasteiger partial charge in [0, 0.05) is 7.11 Å². The Balaban J connectivity index is 2.67. The first-order valence-corrected chi connectivity index (χ1v) is 5.92. The standard InChI is InChI=1S/C10H17N3O2S/c1-4-7(5-15-3)13-9(14)8-6(2)12-10(11)16-8/h7H,4-5H2,1-3H3,(H2,11,12)(H,13,14). The number of carbonyl (C=O) groups excluding carboxylic acids is 1. The smallest absolute Gasteiger partial charge is 0.263 e. The molecule has 0 radical (unpaired) electrons. The molecule has 0 fully saturated rings. The maximum absolute atomic E-state index is 11.9. The predicted molar refractivity (Wildman–Crippen MR) is 64.7 cm³/mol. The molecule has 1 aromatic rings. The van der Waals surface area contributed by atoms with Crippen molar-refractivity contribution in [3.8, 4) is 0 Å². The average molecular weight is 243 g/mol. The van der Waals surface area contributed by atoms with Crippen molar-refractivity contribution in [3.63, 3.8) is 0 Å². The number of ether oxygens (including phenoxy) is 1. The molecular formula is C10H17N3O2S. The van der Waals surface area contributed by atoms with Crippen LogP contribution in [0.2, 0.25) is 0 Å². The largest absolute Gasteiger partial charge is 0.383 e. The normalized spacial score (nSPS) is 12.4. The zero-order chi connectivity index (χ0) is 12.1. The molecule has 0 saturated heterocycles. The number of thiazole rings is 1. The van der Waals surface area contributed by atoms with E-state index >= 15 is 0 Å². The van der Waals surface area contributed by atoms with Crippen LogP contribution in [0, 0.1) is 6.92 Å². The molecule has 0 bridgehead atoms. The summed E-state index contributed by atoms with van der Waals surface area (Å²) in [6.45, 7) is 4.28. The van der Waals surface area contributed by atoms with Crippen molar-refractivity contribution in [1.82, 2.24) is 10.3 Å². The van der Waals surface area contributed by atoms with Gasteiger partial charge >= 0.3 is 0 Å². The Kier molecular flexibility index (Phi) is 4.70. The lowest BCUT2D eigenvalue weighted by molar-refractivity contribution is 0.0898. The van der Waals surface area contributed by atoms with Gasteiger partial charge in [0.2, 0.25) is 0 Å². The second-order valence-corrected chi connectivity index (χ2v) is 4.53. The Morgan fingerprint density at radius 2 is 2.38 bits per heavy atom. The van der Waals surface area contributed by atoms with E-state index in [1.165, 1.54) is 11.3 Å². The van der Waals surface area contributed by atoms with Crippen LogP contribution in [0.3, 0.4) is 0 Å². The van der Waals surface area contributed by atoms with Gasteiger partial charge in [0.15, 0.2) is 5.13 Å². The van der Waals surface area contributed by atoms with E-state index < -0.39 is 0 Å². The fourth-order valence-electron chi connectivity index (χ4n) is 1.34. The third-order valence-corrected chi connectivity index (χ3v) is 3.20. The Labute approximate surface area is 99.0 Å². The molecule has 16 heavy (non-hydrogen) atoms. The van der Waals surface area contributed by atoms with Crippen LogP contribution in [0.1, 0.15) is 28.7 Å². The second-order valence-electron chi connectivity index (χ2n) is 3.50. The molecule has 1 heterocycles. The van der Waals surface area contributed by atoms with Gasteiger partial charge in [-0.15, -0.1) is 0 Å². The fraction of sp³-hybridized carbons (Fsp3) is 0.600. The molecule has 3 N–H and O–H groups in total. The SMILES string of the molecule is CCC(COC)NC(=O)c1sc(N)nc1C. The maximum Gasteiger partial charge on any atom is 0.263 e. The summed E-state index contributed by atoms with van der Waals surface area (Å²) in [7, 11) is 1.62. The Morgan fingerprint density at radius 3 is 2.81 bits per heavy atom. The van der Waals surface area contributed by atoms with Crippen LogP contribution in [-0.2, 0) is 4.74 Å². The average Bonchev–Trinajstić information content (AvgIpc) is 2.57. The van der Waals surface area contributed by atoms with Gasteiger partial charge in [-0.1, -0.05) is 18.3 Å². The Morgan fingerprint density at radius 1 is 1.69 bits per heavy atom. The molecule has 1 aromatic heterocycles. The number of anilines is 1. The van der Waals surface area contributed by atoms with Crippen molar-refractivity contribution < 1.29 is 9.53 Å². The zero-order valence-electron chi connectivity index (χ0n) is 9.74. The molecule has 0 aromatic carbocycles. The minimum absolute atomic E-state index is 0.0280. The number of rotatable bonds is 5. The summed E-state index contributed by atoms with van der Waals surface area (Å²) in [5.41, 5.74) is 6.22. The summed E-state index contributed by atoms with van der Waals surface area (Å²) < 4.78 is 5.02. The van der Waals surface area contributed by atoms with Gasteiger partial charge < -0.3 is 15.8 Å². The lowest BCUT2D eigenvalue weighted by atomic mass is 10.2. The number of hydrogen-bond acceptors (Lipinski definition) is 5. The summed E-state index contributed by atoms with van der Waals surface area (Å²) in [6, 6.07) is 0.0280. The van der Waals surface area contributed by atoms with Crippen LogP contribution in [0.25, 0.3) is 0 Å². The highest BCUT2D eigenvalue weighted by Gasteiger charge is 2.17. The molecule has 6 heteroatoms. The van der Waals surface area contributed by atoms with E-state index in [1.54, 1.807) is 14.0 Å². The van der Waals surface area contributed by atoms with E-state index in [0.717, 1.165) is 6.42 Å². The van der Waals surface area contributed by atoms with Crippen LogP contribution in [-0.4, -0.2) is 30.6 Å². The van der Waals surface area contributed by atoms with Gasteiger partial charge in [-0.3, -0.25) is 4.79 Å². The molecule has 0 aliphatic rings. The van der Waals surface area contributed by atoms with Crippen LogP contribution in [0.15, 0.2) is 0 Å². The molecule has 0 aliphatic carbocycles. The van der Waals surface area contributed by atoms with E-state index in [1.807, 2.05) is 6.92 Å². The number of hydrogen-bond donors (Lipinski definition) is 2. The lowest BCUT2D eigenvalue weighted by Gasteiger charge is -2.15. The highest BCUT2D eigenvalue weighted by atomic mass is 32.1. The zero-order valence-corrected chi connectivity index (χ0v) is 10.6. The minimum atomic E-state index is -0.129. The predicted octanol–water partition coefficient (Wildman–Crippen LogP) is 1.19. The highest BCUT2D eigenvalue weighted by Crippen LogP contribution is 2.19. The number of methoxy groups -OCH3 is 1. The molecule has 0 aliphatic heterocycles. The summed E-state index contributed by atoms with van der Waals surface area (Å²) >= 11 is 1.21. The summed E-state index contributed by atoms with van der Waals surface area (Å²) in [5, 5.41) is 3.31. The molecule has 1 amide bonds. The number of nitrogens with one attached hydrogen (secondary N) is 1. The molecule has 5 nitrogen and oxygen atoms in total. The van der Waals surface area contributed by atoms with Crippen molar-refractivity contribution in [1.29, 1.82) is 0 Å². The van der Waals surface area contributed by atoms with Gasteiger partial charge in [-0.25, -0.2) is 4.98 Å². The van der Waals surface area contributed by atoms with Gasteiger partial charge in [0.1, 0.15) is 4.88 Å². The number of aryl methyl sites for hydroxylation is 1. The summed E-state index contributed by atoms with van der Waals surface area (Å²) in [5.74, 6) is -0.129. The van der Waals surface area contributed by atoms with Crippen LogP contribution in [0.4, 0.5) is 5.13 Å². The number of carbonyl (C=O) groups is 1. The van der Waals surface area contributed by atoms with Crippen molar-refractivity contribution in [3.05, 3.63) is 10.6 Å². The van der Waals surface area contributed by atoms with Gasteiger partial charge in [0.25, 0.3) is 5.91 Å². The van der Waals surface area contributed by atoms with Crippen LogP contribution >= 0.6 is 11.3 Å². The first-order chi connectivity index (χ1) is 7.58. The highest BCUT2D eigenvalue weighted by molar-refractivity contribution is 7.17. The van der Waals surface area contributed by atoms with Gasteiger partial charge in [0.05, 0.1) is 18.3 Å². The molecule has 0 spiro atoms. The van der Waals surface area contributed by atoms with Crippen molar-refractivity contribution >= 4 is 22.4 Å². The second kappa shape index (κ2) is 5.81. The number of aromatic nitrogens is 1. The number of amides is 1. The number of nitrogens with zero attached hydrogens (tertiary/aromatic N) is 1. The first-order valence-electron chi connectivity index (χ1n) is 5.11. The van der Waals surface area contributed by atoms with Crippen molar-refractivity contribution in [2.45, 2.75) is 26.3 Å². The topological polar surface area (TPSA) is 77.2 Å². The molecule has 1 rings (SSSR count). The molecular weight excluding hydrogens is 226 g/mol. The maximum atomic E-state index is 11.9. The number of nitrogens with two attached hydrogens (primary N) is 1. The lowest BCUT2D eigenvalue weighted by Crippen LogP contribution is -2.37. The monoisotopic (exact) mass is 243 g/mol. The molecule has 0 saturated carbocycles. The quantitative estimate of drug-likeness (QED) is 0.814. The van der Waals surface area contributed by atoms with Crippen molar-refractivity contribution in [2.75, 3.05) is 19.5 Å². The molecule has 1 atom stereocenters. The minimum Gasteiger partial charge on any atom is -0.383 e. The fourth-order valence-corrected chi connectivity index (χ4v) is 2.08. The van der Waals surface area contributed by atoms with E-state index in [2.05, 4.69) is 10.3 Å². The van der Waals surface area contributed by atoms with Crippen molar-refractivity contribution in [2.24, 2.45) is 0 Å². The number of nitrogen functional groups attached to an aromatic ring is 1. The van der Waals surface area contributed by atoms with E-state index in [0.29, 0.717) is 22.3 Å². The third-order valence-electron chi connectivity index (χ3n) is 2.22. The first kappa shape index (κ1) is 12.9. The summed E-state index contributed by atoms with van der Waals surface area (Å²) in [4.78, 5) is 16.5. The van der Waals surface area contributed by atoms with E-state index in [9.17, 15) is 4.79 Å². The van der Waals surface area contributed by atoms with Gasteiger partial charge in [-0.2, -0.15) is 0 Å². The van der Waals surface area contributed by atoms with Gasteiger partial charge in [-0.05, 0) is 13.3 Å². The Hall–Kier alpha value is -1.14. The molecule has 1 unspecified atom stereocenters. The molecule has 90 valence electrons. The van der Waals surface area contributed by atoms with E-state index in [-0.39, 0.29) is 11.9 Å². The van der Waals surface area contributed by atoms with Crippen LogP contribution < -0.4 is 11.1 Å². The van der Waals surface area contributed by atoms with Crippen LogP contribution in [0.5, 0.6) is 0 Å². The summed E-state index contributed by atoms with van der Waals surface area (Å²) in [6.07, 6.45) is 0.826. The van der Waals surface area contributed by atoms with E-state index in [4.69, 9.17) is 10.5 Å². The Bertz CT molecular complexity index is 365. The third kappa shape index (κ3) is 3.18.